The summed E-state index contributed by atoms with van der Waals surface area (Å²) in [5.41, 5.74) is 3.41. The lowest BCUT2D eigenvalue weighted by Crippen LogP contribution is -2.50. The number of aliphatic hydroxyl groups is 1. The van der Waals surface area contributed by atoms with Crippen LogP contribution >= 0.6 is 0 Å². The summed E-state index contributed by atoms with van der Waals surface area (Å²) >= 11 is -2.35. The summed E-state index contributed by atoms with van der Waals surface area (Å²) in [7, 11) is -2.54. The molecule has 226 valence electrons. The highest BCUT2D eigenvalue weighted by Crippen LogP contribution is 2.32. The fraction of sp³-hybridized carbons (Fsp3) is 0.148. The molecule has 3 rings (SSSR count). The number of methoxy groups -OCH3 is 1. The average molecular weight is 631 g/mol. The lowest BCUT2D eigenvalue weighted by molar-refractivity contribution is 0.0694. The van der Waals surface area contributed by atoms with Gasteiger partial charge in [-0.15, -0.1) is 0 Å². The molecule has 43 heavy (non-hydrogen) atoms. The van der Waals surface area contributed by atoms with Gasteiger partial charge in [0.25, 0.3) is 0 Å². The molecular weight excluding hydrogens is 604 g/mol. The molecule has 1 unspecified atom stereocenters. The van der Waals surface area contributed by atoms with E-state index >= 15 is 0 Å². The highest BCUT2D eigenvalue weighted by Gasteiger charge is 2.18. The Morgan fingerprint density at radius 2 is 1.63 bits per heavy atom. The molecule has 0 aliphatic carbocycles. The summed E-state index contributed by atoms with van der Waals surface area (Å²) in [6, 6.07) is 6.04. The Kier molecular flexibility index (Phi) is 9.92. The van der Waals surface area contributed by atoms with Crippen molar-refractivity contribution >= 4 is 43.2 Å². The highest BCUT2D eigenvalue weighted by atomic mass is 32.2. The molecule has 0 aliphatic heterocycles. The van der Waals surface area contributed by atoms with Crippen LogP contribution in [-0.4, -0.2) is 40.5 Å². The van der Waals surface area contributed by atoms with Crippen molar-refractivity contribution in [2.75, 3.05) is 18.0 Å². The normalized spacial score (nSPS) is 13.0. The topological polar surface area (TPSA) is 221 Å². The molecule has 0 saturated heterocycles. The molecule has 0 saturated carbocycles. The number of carbonyl (C=O) groups is 1. The maximum absolute atomic E-state index is 13.3. The van der Waals surface area contributed by atoms with Crippen LogP contribution in [0.15, 0.2) is 73.6 Å². The molecule has 0 fully saturated rings. The highest BCUT2D eigenvalue weighted by molar-refractivity contribution is 7.94. The molecule has 0 radical (unpaired) electrons. The number of aryl methyl sites for hydroxylation is 2. The van der Waals surface area contributed by atoms with Gasteiger partial charge in [0.15, 0.2) is 26.3 Å². The maximum Gasteiger partial charge on any atom is 0.338 e. The zero-order chi connectivity index (χ0) is 32.2. The fourth-order valence-corrected chi connectivity index (χ4v) is 5.33. The molecule has 0 aliphatic rings. The fourth-order valence-electron chi connectivity index (χ4n) is 3.93. The molecule has 0 heterocycles. The first-order chi connectivity index (χ1) is 20.2. The van der Waals surface area contributed by atoms with Gasteiger partial charge < -0.3 is 19.5 Å². The summed E-state index contributed by atoms with van der Waals surface area (Å²) in [6.07, 6.45) is 0. The number of carboxylic acid groups (broad SMARTS) is 1. The minimum absolute atomic E-state index is 0.0713. The van der Waals surface area contributed by atoms with E-state index in [1.165, 1.54) is 38.3 Å². The second-order valence-electron chi connectivity index (χ2n) is 8.89. The van der Waals surface area contributed by atoms with Gasteiger partial charge in [0, 0.05) is 17.0 Å². The van der Waals surface area contributed by atoms with E-state index in [2.05, 4.69) is 34.2 Å². The van der Waals surface area contributed by atoms with Crippen molar-refractivity contribution in [3.63, 3.8) is 0 Å². The van der Waals surface area contributed by atoms with Crippen LogP contribution in [0.3, 0.4) is 0 Å². The quantitative estimate of drug-likeness (QED) is 0.148. The van der Waals surface area contributed by atoms with Gasteiger partial charge in [0.05, 0.1) is 40.5 Å². The molecular formula is C27H26N4O10S2. The van der Waals surface area contributed by atoms with E-state index in [0.29, 0.717) is 17.2 Å². The summed E-state index contributed by atoms with van der Waals surface area (Å²) in [5, 5.41) is 26.5. The van der Waals surface area contributed by atoms with E-state index in [4.69, 9.17) is 4.74 Å². The minimum atomic E-state index is -3.84. The van der Waals surface area contributed by atoms with E-state index in [1.54, 1.807) is 6.92 Å². The van der Waals surface area contributed by atoms with Crippen LogP contribution in [0, 0.1) is 13.8 Å². The van der Waals surface area contributed by atoms with Crippen LogP contribution in [0.1, 0.15) is 32.6 Å². The second kappa shape index (κ2) is 13.0. The van der Waals surface area contributed by atoms with Gasteiger partial charge in [-0.2, -0.15) is 10.2 Å². The van der Waals surface area contributed by atoms with E-state index < -0.39 is 60.6 Å². The first kappa shape index (κ1) is 32.7. The van der Waals surface area contributed by atoms with Gasteiger partial charge in [-0.05, 0) is 54.8 Å². The molecule has 3 aromatic rings. The summed E-state index contributed by atoms with van der Waals surface area (Å²) in [5.74, 6) is -1.51. The zero-order valence-corrected chi connectivity index (χ0v) is 24.6. The molecule has 0 aromatic heterocycles. The molecule has 0 spiro atoms. The Bertz CT molecular complexity index is 2030. The summed E-state index contributed by atoms with van der Waals surface area (Å²) in [4.78, 5) is 37.6. The predicted octanol–water partition coefficient (Wildman–Crippen LogP) is 1.06. The second-order valence-corrected chi connectivity index (χ2v) is 11.7. The Balaban J connectivity index is 2.18. The maximum atomic E-state index is 13.3. The first-order valence-corrected chi connectivity index (χ1v) is 14.6. The van der Waals surface area contributed by atoms with Crippen LogP contribution in [0.25, 0.3) is 4.91 Å². The Morgan fingerprint density at radius 1 is 1.02 bits per heavy atom. The smallest absolute Gasteiger partial charge is 0.338 e. The molecule has 3 aromatic carbocycles. The average Bonchev–Trinajstić information content (AvgIpc) is 2.95. The minimum Gasteiger partial charge on any atom is -0.494 e. The number of ether oxygens (including phenoxy) is 1. The number of nitrogens with one attached hydrogen (secondary N) is 2. The third-order valence-corrected chi connectivity index (χ3v) is 8.29. The summed E-state index contributed by atoms with van der Waals surface area (Å²) < 4.78 is 50.7. The van der Waals surface area contributed by atoms with Gasteiger partial charge in [0.2, 0.25) is 10.9 Å². The number of aromatic carboxylic acids is 1. The molecule has 14 nitrogen and oxygen atoms in total. The Morgan fingerprint density at radius 3 is 2.19 bits per heavy atom. The van der Waals surface area contributed by atoms with Crippen molar-refractivity contribution in [3.05, 3.63) is 108 Å². The van der Waals surface area contributed by atoms with Crippen molar-refractivity contribution in [1.29, 1.82) is 0 Å². The third kappa shape index (κ3) is 6.83. The monoisotopic (exact) mass is 630 g/mol. The molecule has 16 heteroatoms. The first-order valence-electron chi connectivity index (χ1n) is 12.0. The van der Waals surface area contributed by atoms with E-state index in [1.807, 2.05) is 0 Å². The predicted molar refractivity (Wildman–Crippen MR) is 159 cm³/mol. The van der Waals surface area contributed by atoms with Crippen molar-refractivity contribution in [2.24, 2.45) is 10.2 Å². The lowest BCUT2D eigenvalue weighted by Gasteiger charge is -2.13. The van der Waals surface area contributed by atoms with E-state index in [-0.39, 0.29) is 38.1 Å². The summed E-state index contributed by atoms with van der Waals surface area (Å²) in [6.45, 7) is 9.30. The standard InChI is InChI=1S/C27H26N4O10S2/c1-6-43(39,40)23-9-16(12-32)19(8-14(23)3)28-31-25-21(33)10-18(27(35)36)24(26(25)34)30-29-20-7-13(2)17(11-22(20)41-5)15(4)42(37)38/h6-11,28-29,32H,1,4,12H2,2-3,5H3,(H,35,36)(H,37,38)/b30-24-,31-25+. The van der Waals surface area contributed by atoms with Gasteiger partial charge in [0.1, 0.15) is 11.1 Å². The van der Waals surface area contributed by atoms with Gasteiger partial charge >= 0.3 is 5.97 Å². The van der Waals surface area contributed by atoms with Crippen LogP contribution in [0.2, 0.25) is 0 Å². The Labute approximate surface area is 246 Å². The molecule has 5 N–H and O–H groups in total. The number of nitrogens with zero attached hydrogens (tertiary/aromatic N) is 2. The number of carboxylic acids is 1. The number of sulfone groups is 1. The molecule has 0 amide bonds. The zero-order valence-electron chi connectivity index (χ0n) is 23.0. The van der Waals surface area contributed by atoms with Gasteiger partial charge in [-0.1, -0.05) is 13.2 Å². The Hall–Kier alpha value is -4.77. The van der Waals surface area contributed by atoms with Crippen molar-refractivity contribution in [2.45, 2.75) is 25.3 Å². The van der Waals surface area contributed by atoms with Crippen LogP contribution in [-0.2, 0) is 27.5 Å². The van der Waals surface area contributed by atoms with Crippen molar-refractivity contribution < 1.29 is 36.9 Å². The number of benzene rings is 3. The van der Waals surface area contributed by atoms with E-state index in [9.17, 15) is 41.8 Å². The number of hydrogen-bond acceptors (Lipinski definition) is 12. The number of hydrogen-bond donors (Lipinski definition) is 5. The SMILES string of the molecule is C=CS(=O)(=O)c1cc(CO)c(N/N=c2\c(=O)cc(C(=O)O)/c(=N/Nc3cc(C)c(C(=C)S(=O)O)cc3OC)c2=O)cc1C. The van der Waals surface area contributed by atoms with Crippen molar-refractivity contribution in [3.8, 4) is 5.75 Å². The van der Waals surface area contributed by atoms with Crippen molar-refractivity contribution in [1.82, 2.24) is 0 Å². The van der Waals surface area contributed by atoms with Crippen LogP contribution in [0.5, 0.6) is 5.75 Å². The van der Waals surface area contributed by atoms with Crippen LogP contribution < -0.4 is 37.2 Å². The number of rotatable bonds is 11. The largest absolute Gasteiger partial charge is 0.494 e. The van der Waals surface area contributed by atoms with Gasteiger partial charge in [-0.25, -0.2) is 17.4 Å². The number of anilines is 2. The van der Waals surface area contributed by atoms with E-state index in [0.717, 1.165) is 5.41 Å². The van der Waals surface area contributed by atoms with Gasteiger partial charge in [-0.3, -0.25) is 20.4 Å². The lowest BCUT2D eigenvalue weighted by atomic mass is 10.1. The third-order valence-electron chi connectivity index (χ3n) is 6.16. The van der Waals surface area contributed by atoms with Crippen LogP contribution in [0.4, 0.5) is 11.4 Å². The number of aliphatic hydroxyl groups excluding tert-OH is 1. The molecule has 1 atom stereocenters. The molecule has 0 bridgehead atoms.